The zero-order chi connectivity index (χ0) is 15.4. The second-order valence-corrected chi connectivity index (χ2v) is 6.44. The standard InChI is InChI=1S/C16H15Cl3OS/c1-3-20-14-9-12(17)11(8-13(14)18)16(19)10-6-4-5-7-15(10)21-2/h4-9,16H,3H2,1-2H3. The smallest absolute Gasteiger partial charge is 0.139 e. The van der Waals surface area contributed by atoms with Crippen LogP contribution in [0.2, 0.25) is 10.0 Å². The molecule has 5 heteroatoms. The third kappa shape index (κ3) is 3.81. The van der Waals surface area contributed by atoms with Crippen molar-refractivity contribution < 1.29 is 4.74 Å². The third-order valence-electron chi connectivity index (χ3n) is 3.04. The molecule has 0 amide bonds. The van der Waals surface area contributed by atoms with E-state index in [1.54, 1.807) is 23.9 Å². The molecule has 21 heavy (non-hydrogen) atoms. The summed E-state index contributed by atoms with van der Waals surface area (Å²) >= 11 is 20.9. The Morgan fingerprint density at radius 3 is 2.48 bits per heavy atom. The average Bonchev–Trinajstić information content (AvgIpc) is 2.50. The van der Waals surface area contributed by atoms with Gasteiger partial charge in [0, 0.05) is 16.0 Å². The molecule has 0 spiro atoms. The van der Waals surface area contributed by atoms with E-state index >= 15 is 0 Å². The van der Waals surface area contributed by atoms with Crippen molar-refractivity contribution in [3.63, 3.8) is 0 Å². The van der Waals surface area contributed by atoms with Crippen LogP contribution < -0.4 is 4.74 Å². The van der Waals surface area contributed by atoms with E-state index in [2.05, 4.69) is 0 Å². The summed E-state index contributed by atoms with van der Waals surface area (Å²) in [4.78, 5) is 1.12. The lowest BCUT2D eigenvalue weighted by Gasteiger charge is -2.17. The van der Waals surface area contributed by atoms with Crippen LogP contribution in [0.1, 0.15) is 23.4 Å². The number of hydrogen-bond acceptors (Lipinski definition) is 2. The molecule has 1 nitrogen and oxygen atoms in total. The number of ether oxygens (including phenoxy) is 1. The molecule has 2 aromatic carbocycles. The zero-order valence-corrected chi connectivity index (χ0v) is 14.8. The molecule has 1 unspecified atom stereocenters. The van der Waals surface area contributed by atoms with Crippen molar-refractivity contribution in [2.24, 2.45) is 0 Å². The van der Waals surface area contributed by atoms with Gasteiger partial charge in [-0.25, -0.2) is 0 Å². The molecule has 1 atom stereocenters. The van der Waals surface area contributed by atoms with E-state index in [1.807, 2.05) is 37.4 Å². The van der Waals surface area contributed by atoms with Gasteiger partial charge in [0.05, 0.1) is 17.0 Å². The fourth-order valence-corrected chi connectivity index (χ4v) is 3.66. The number of benzene rings is 2. The first kappa shape index (κ1) is 16.8. The molecular weight excluding hydrogens is 347 g/mol. The predicted octanol–water partition coefficient (Wildman–Crippen LogP) is 6.44. The highest BCUT2D eigenvalue weighted by Gasteiger charge is 2.19. The molecule has 0 bridgehead atoms. The first-order valence-electron chi connectivity index (χ1n) is 6.47. The molecule has 0 saturated carbocycles. The maximum Gasteiger partial charge on any atom is 0.139 e. The summed E-state index contributed by atoms with van der Waals surface area (Å²) in [5.74, 6) is 0.579. The molecule has 0 saturated heterocycles. The van der Waals surface area contributed by atoms with Gasteiger partial charge < -0.3 is 4.74 Å². The Hall–Kier alpha value is -0.540. The van der Waals surface area contributed by atoms with Crippen molar-refractivity contribution in [1.29, 1.82) is 0 Å². The molecule has 0 aromatic heterocycles. The Labute approximate surface area is 144 Å². The van der Waals surface area contributed by atoms with E-state index in [9.17, 15) is 0 Å². The highest BCUT2D eigenvalue weighted by atomic mass is 35.5. The molecule has 0 aliphatic rings. The second kappa shape index (κ2) is 7.64. The summed E-state index contributed by atoms with van der Waals surface area (Å²) < 4.78 is 5.44. The van der Waals surface area contributed by atoms with Crippen LogP contribution in [0.15, 0.2) is 41.3 Å². The molecule has 0 heterocycles. The van der Waals surface area contributed by atoms with E-state index in [0.29, 0.717) is 22.4 Å². The zero-order valence-electron chi connectivity index (χ0n) is 11.7. The van der Waals surface area contributed by atoms with E-state index in [4.69, 9.17) is 39.5 Å². The molecule has 0 N–H and O–H groups in total. The SMILES string of the molecule is CCOc1cc(Cl)c(C(Cl)c2ccccc2SC)cc1Cl. The van der Waals surface area contributed by atoms with Crippen molar-refractivity contribution in [2.45, 2.75) is 17.2 Å². The van der Waals surface area contributed by atoms with Gasteiger partial charge >= 0.3 is 0 Å². The Kier molecular flexibility index (Phi) is 6.12. The van der Waals surface area contributed by atoms with Gasteiger partial charge in [-0.1, -0.05) is 41.4 Å². The van der Waals surface area contributed by atoms with Crippen molar-refractivity contribution in [1.82, 2.24) is 0 Å². The maximum absolute atomic E-state index is 6.62. The van der Waals surface area contributed by atoms with Crippen LogP contribution in [-0.2, 0) is 0 Å². The largest absolute Gasteiger partial charge is 0.492 e. The van der Waals surface area contributed by atoms with E-state index in [0.717, 1.165) is 16.0 Å². The molecule has 0 fully saturated rings. The fraction of sp³-hybridized carbons (Fsp3) is 0.250. The molecule has 2 rings (SSSR count). The quantitative estimate of drug-likeness (QED) is 0.447. The number of rotatable bonds is 5. The lowest BCUT2D eigenvalue weighted by Crippen LogP contribution is -1.99. The predicted molar refractivity (Wildman–Crippen MR) is 93.6 cm³/mol. The van der Waals surface area contributed by atoms with Crippen LogP contribution in [0.25, 0.3) is 0 Å². The first-order valence-corrected chi connectivity index (χ1v) is 8.88. The van der Waals surface area contributed by atoms with E-state index < -0.39 is 0 Å². The Morgan fingerprint density at radius 1 is 1.10 bits per heavy atom. The van der Waals surface area contributed by atoms with E-state index in [-0.39, 0.29) is 5.38 Å². The molecule has 2 aromatic rings. The summed E-state index contributed by atoms with van der Waals surface area (Å²) in [6.07, 6.45) is 2.02. The highest BCUT2D eigenvalue weighted by Crippen LogP contribution is 2.41. The number of alkyl halides is 1. The van der Waals surface area contributed by atoms with Crippen molar-refractivity contribution in [3.05, 3.63) is 57.6 Å². The van der Waals surface area contributed by atoms with Gasteiger partial charge in [0.25, 0.3) is 0 Å². The molecule has 0 aliphatic carbocycles. The lowest BCUT2D eigenvalue weighted by molar-refractivity contribution is 0.340. The summed E-state index contributed by atoms with van der Waals surface area (Å²) in [5, 5.41) is 0.719. The Bertz CT molecular complexity index is 631. The van der Waals surface area contributed by atoms with Crippen molar-refractivity contribution in [2.75, 3.05) is 12.9 Å². The first-order chi connectivity index (χ1) is 10.1. The topological polar surface area (TPSA) is 9.23 Å². The van der Waals surface area contributed by atoms with Crippen molar-refractivity contribution in [3.8, 4) is 5.75 Å². The van der Waals surface area contributed by atoms with Gasteiger partial charge in [0.15, 0.2) is 0 Å². The molecule has 112 valence electrons. The minimum atomic E-state index is -0.352. The Balaban J connectivity index is 2.44. The van der Waals surface area contributed by atoms with Crippen LogP contribution in [0, 0.1) is 0 Å². The summed E-state index contributed by atoms with van der Waals surface area (Å²) in [5.41, 5.74) is 1.81. The average molecular weight is 362 g/mol. The van der Waals surface area contributed by atoms with Gasteiger partial charge in [-0.2, -0.15) is 0 Å². The number of halogens is 3. The normalized spacial score (nSPS) is 12.2. The van der Waals surface area contributed by atoms with Crippen LogP contribution in [0.5, 0.6) is 5.75 Å². The maximum atomic E-state index is 6.62. The summed E-state index contributed by atoms with van der Waals surface area (Å²) in [6, 6.07) is 11.5. The highest BCUT2D eigenvalue weighted by molar-refractivity contribution is 7.98. The molecule has 0 aliphatic heterocycles. The van der Waals surface area contributed by atoms with E-state index in [1.165, 1.54) is 0 Å². The van der Waals surface area contributed by atoms with Gasteiger partial charge in [0.2, 0.25) is 0 Å². The van der Waals surface area contributed by atoms with Gasteiger partial charge in [0.1, 0.15) is 5.75 Å². The minimum Gasteiger partial charge on any atom is -0.492 e. The van der Waals surface area contributed by atoms with Crippen molar-refractivity contribution >= 4 is 46.6 Å². The van der Waals surface area contributed by atoms with Crippen LogP contribution >= 0.6 is 46.6 Å². The summed E-state index contributed by atoms with van der Waals surface area (Å²) in [6.45, 7) is 2.44. The lowest BCUT2D eigenvalue weighted by atomic mass is 10.0. The van der Waals surface area contributed by atoms with Gasteiger partial charge in [-0.3, -0.25) is 0 Å². The minimum absolute atomic E-state index is 0.352. The fourth-order valence-electron chi connectivity index (χ4n) is 2.05. The van der Waals surface area contributed by atoms with Crippen LogP contribution in [-0.4, -0.2) is 12.9 Å². The van der Waals surface area contributed by atoms with Crippen LogP contribution in [0.3, 0.4) is 0 Å². The number of thioether (sulfide) groups is 1. The molecular formula is C16H15Cl3OS. The Morgan fingerprint density at radius 2 is 1.81 bits per heavy atom. The van der Waals surface area contributed by atoms with Gasteiger partial charge in [-0.15, -0.1) is 23.4 Å². The third-order valence-corrected chi connectivity index (χ3v) is 4.94. The second-order valence-electron chi connectivity index (χ2n) is 4.34. The number of hydrogen-bond donors (Lipinski definition) is 0. The molecule has 0 radical (unpaired) electrons. The van der Waals surface area contributed by atoms with Crippen LogP contribution in [0.4, 0.5) is 0 Å². The summed E-state index contributed by atoms with van der Waals surface area (Å²) in [7, 11) is 0. The van der Waals surface area contributed by atoms with Gasteiger partial charge in [-0.05, 0) is 36.4 Å². The monoisotopic (exact) mass is 360 g/mol.